The zero-order valence-corrected chi connectivity index (χ0v) is 25.0. The summed E-state index contributed by atoms with van der Waals surface area (Å²) in [6, 6.07) is 11.2. The normalized spacial score (nSPS) is 22.7. The molecule has 9 heteroatoms. The number of hydrogen-bond acceptors (Lipinski definition) is 8. The molecule has 1 atom stereocenters. The second-order valence-electron chi connectivity index (χ2n) is 11.7. The molecule has 4 aliphatic rings. The largest absolute Gasteiger partial charge is 0.496 e. The predicted molar refractivity (Wildman–Crippen MR) is 158 cm³/mol. The van der Waals surface area contributed by atoms with Crippen LogP contribution in [0, 0.1) is 5.92 Å². The summed E-state index contributed by atoms with van der Waals surface area (Å²) in [6.45, 7) is 3.02. The Kier molecular flexibility index (Phi) is 10.1. The van der Waals surface area contributed by atoms with E-state index in [0.717, 1.165) is 75.7 Å². The fourth-order valence-corrected chi connectivity index (χ4v) is 6.88. The van der Waals surface area contributed by atoms with Gasteiger partial charge in [0.1, 0.15) is 17.6 Å². The Morgan fingerprint density at radius 2 is 1.86 bits per heavy atom. The molecule has 0 radical (unpaired) electrons. The van der Waals surface area contributed by atoms with Gasteiger partial charge in [0.2, 0.25) is 0 Å². The Morgan fingerprint density at radius 1 is 1.07 bits per heavy atom. The molecule has 0 spiro atoms. The Hall–Kier alpha value is -3.10. The summed E-state index contributed by atoms with van der Waals surface area (Å²) in [5, 5.41) is 0.203. The number of nitrogens with zero attached hydrogens (tertiary/aromatic N) is 1. The van der Waals surface area contributed by atoms with Crippen LogP contribution in [-0.4, -0.2) is 69.2 Å². The van der Waals surface area contributed by atoms with Gasteiger partial charge in [-0.3, -0.25) is 14.5 Å². The lowest BCUT2D eigenvalue weighted by Gasteiger charge is -2.45. The fraction of sp³-hybridized carbons (Fsp3) is 0.545. The maximum absolute atomic E-state index is 13.8. The van der Waals surface area contributed by atoms with E-state index in [-0.39, 0.29) is 36.1 Å². The van der Waals surface area contributed by atoms with Crippen LogP contribution in [0.15, 0.2) is 36.4 Å². The lowest BCUT2D eigenvalue weighted by molar-refractivity contribution is -0.167. The molecule has 0 unspecified atom stereocenters. The Balaban J connectivity index is 1.14. The van der Waals surface area contributed by atoms with Gasteiger partial charge < -0.3 is 18.9 Å². The quantitative estimate of drug-likeness (QED) is 0.179. The van der Waals surface area contributed by atoms with Crippen LogP contribution < -0.4 is 9.47 Å². The average molecular weight is 598 g/mol. The first-order valence-corrected chi connectivity index (χ1v) is 15.4. The topological polar surface area (TPSA) is 91.4 Å². The Labute approximate surface area is 252 Å². The second-order valence-corrected chi connectivity index (χ2v) is 12.1. The first-order valence-electron chi connectivity index (χ1n) is 15.1. The molecule has 226 valence electrons. The van der Waals surface area contributed by atoms with E-state index in [1.54, 1.807) is 0 Å². The van der Waals surface area contributed by atoms with Gasteiger partial charge >= 0.3 is 11.9 Å². The standard InChI is InChI=1S/C33H40ClNO7/c1-39-28-19-29(27(34)18-25(28)21-36)41-22-31(37)40-16-6-8-23-7-5-9-26(17-23)33(12-3-2-4-13-33)32(38)42-30-20-35-14-10-24(30)11-15-35/h5,7,9,17-19,21,24,30H,2-4,6,8,10-16,20,22H2,1H3/t30-/m0/s1. The average Bonchev–Trinajstić information content (AvgIpc) is 3.03. The van der Waals surface area contributed by atoms with Crippen LogP contribution in [0.5, 0.6) is 11.5 Å². The van der Waals surface area contributed by atoms with E-state index in [9.17, 15) is 14.4 Å². The number of carbonyl (C=O) groups is 3. The Bertz CT molecular complexity index is 1270. The van der Waals surface area contributed by atoms with E-state index < -0.39 is 11.4 Å². The van der Waals surface area contributed by atoms with Gasteiger partial charge in [-0.05, 0) is 74.7 Å². The number of ether oxygens (including phenoxy) is 4. The third-order valence-corrected chi connectivity index (χ3v) is 9.36. The number of aryl methyl sites for hydroxylation is 1. The van der Waals surface area contributed by atoms with Crippen molar-refractivity contribution in [2.24, 2.45) is 5.92 Å². The van der Waals surface area contributed by atoms with Crippen molar-refractivity contribution in [3.63, 3.8) is 0 Å². The van der Waals surface area contributed by atoms with Crippen molar-refractivity contribution in [3.05, 3.63) is 58.1 Å². The number of aldehydes is 1. The van der Waals surface area contributed by atoms with Gasteiger partial charge in [-0.15, -0.1) is 0 Å². The summed E-state index contributed by atoms with van der Waals surface area (Å²) in [6.07, 6.45) is 9.07. The minimum absolute atomic E-state index is 0.00871. The molecule has 0 amide bonds. The number of halogens is 1. The lowest BCUT2D eigenvalue weighted by Crippen LogP contribution is -2.53. The monoisotopic (exact) mass is 597 g/mol. The van der Waals surface area contributed by atoms with Crippen molar-refractivity contribution in [1.82, 2.24) is 4.90 Å². The number of benzene rings is 2. The van der Waals surface area contributed by atoms with Gasteiger partial charge in [0.15, 0.2) is 12.9 Å². The van der Waals surface area contributed by atoms with Gasteiger partial charge in [-0.25, -0.2) is 4.79 Å². The van der Waals surface area contributed by atoms with Crippen LogP contribution in [0.4, 0.5) is 0 Å². The molecular formula is C33H40ClNO7. The summed E-state index contributed by atoms with van der Waals surface area (Å²) in [5.74, 6) is 0.459. The van der Waals surface area contributed by atoms with Crippen molar-refractivity contribution in [1.29, 1.82) is 0 Å². The third-order valence-electron chi connectivity index (χ3n) is 9.06. The summed E-state index contributed by atoms with van der Waals surface area (Å²) < 4.78 is 22.3. The first-order chi connectivity index (χ1) is 20.4. The molecule has 3 heterocycles. The molecule has 8 nitrogen and oxygen atoms in total. The molecule has 2 aromatic carbocycles. The van der Waals surface area contributed by atoms with Crippen LogP contribution >= 0.6 is 11.6 Å². The van der Waals surface area contributed by atoms with Gasteiger partial charge in [0, 0.05) is 12.6 Å². The lowest BCUT2D eigenvalue weighted by atomic mass is 9.69. The highest BCUT2D eigenvalue weighted by molar-refractivity contribution is 6.32. The summed E-state index contributed by atoms with van der Waals surface area (Å²) in [7, 11) is 1.43. The van der Waals surface area contributed by atoms with Crippen LogP contribution in [-0.2, 0) is 30.9 Å². The smallest absolute Gasteiger partial charge is 0.344 e. The molecule has 42 heavy (non-hydrogen) atoms. The van der Waals surface area contributed by atoms with E-state index in [1.807, 2.05) is 6.07 Å². The van der Waals surface area contributed by atoms with Crippen molar-refractivity contribution < 1.29 is 33.3 Å². The summed E-state index contributed by atoms with van der Waals surface area (Å²) in [5.41, 5.74) is 1.86. The molecule has 1 aliphatic carbocycles. The SMILES string of the molecule is COc1cc(OCC(=O)OCCCc2cccc(C3(C(=O)O[C@H]4CN5CCC4CC5)CCCCC3)c2)c(Cl)cc1C=O. The minimum atomic E-state index is -0.585. The minimum Gasteiger partial charge on any atom is -0.496 e. The molecule has 3 saturated heterocycles. The molecule has 2 bridgehead atoms. The van der Waals surface area contributed by atoms with Crippen LogP contribution in [0.1, 0.15) is 72.9 Å². The number of piperidine rings is 3. The number of hydrogen-bond donors (Lipinski definition) is 0. The van der Waals surface area contributed by atoms with Crippen molar-refractivity contribution in [2.45, 2.75) is 69.3 Å². The molecule has 3 aliphatic heterocycles. The van der Waals surface area contributed by atoms with E-state index in [1.165, 1.54) is 19.2 Å². The van der Waals surface area contributed by atoms with Gasteiger partial charge in [-0.1, -0.05) is 55.1 Å². The number of rotatable bonds is 12. The highest BCUT2D eigenvalue weighted by Gasteiger charge is 2.45. The zero-order chi connectivity index (χ0) is 29.5. The van der Waals surface area contributed by atoms with Crippen molar-refractivity contribution >= 4 is 29.8 Å². The van der Waals surface area contributed by atoms with Crippen LogP contribution in [0.2, 0.25) is 5.02 Å². The molecule has 4 fully saturated rings. The summed E-state index contributed by atoms with van der Waals surface area (Å²) in [4.78, 5) is 39.6. The number of methoxy groups -OCH3 is 1. The number of fused-ring (bicyclic) bond motifs is 3. The third kappa shape index (κ3) is 6.92. The molecule has 6 rings (SSSR count). The predicted octanol–water partition coefficient (Wildman–Crippen LogP) is 5.56. The van der Waals surface area contributed by atoms with Crippen LogP contribution in [0.25, 0.3) is 0 Å². The zero-order valence-electron chi connectivity index (χ0n) is 24.3. The molecular weight excluding hydrogens is 558 g/mol. The van der Waals surface area contributed by atoms with E-state index >= 15 is 0 Å². The second kappa shape index (κ2) is 13.9. The maximum Gasteiger partial charge on any atom is 0.344 e. The highest BCUT2D eigenvalue weighted by atomic mass is 35.5. The molecule has 2 aromatic rings. The van der Waals surface area contributed by atoms with Gasteiger partial charge in [0.25, 0.3) is 0 Å². The fourth-order valence-electron chi connectivity index (χ4n) is 6.66. The van der Waals surface area contributed by atoms with Crippen molar-refractivity contribution in [2.75, 3.05) is 40.0 Å². The maximum atomic E-state index is 13.8. The van der Waals surface area contributed by atoms with E-state index in [0.29, 0.717) is 36.4 Å². The van der Waals surface area contributed by atoms with E-state index in [2.05, 4.69) is 23.1 Å². The van der Waals surface area contributed by atoms with Gasteiger partial charge in [0.05, 0.1) is 29.7 Å². The summed E-state index contributed by atoms with van der Waals surface area (Å²) >= 11 is 6.15. The van der Waals surface area contributed by atoms with Gasteiger partial charge in [-0.2, -0.15) is 0 Å². The Morgan fingerprint density at radius 3 is 2.55 bits per heavy atom. The molecule has 0 N–H and O–H groups in total. The highest BCUT2D eigenvalue weighted by Crippen LogP contribution is 2.42. The van der Waals surface area contributed by atoms with E-state index in [4.69, 9.17) is 30.5 Å². The van der Waals surface area contributed by atoms with Crippen molar-refractivity contribution in [3.8, 4) is 11.5 Å². The molecule has 0 aromatic heterocycles. The number of carbonyl (C=O) groups excluding carboxylic acids is 3. The first kappa shape index (κ1) is 30.4. The van der Waals surface area contributed by atoms with Crippen LogP contribution in [0.3, 0.4) is 0 Å². The number of esters is 2. The molecule has 1 saturated carbocycles.